The van der Waals surface area contributed by atoms with Gasteiger partial charge < -0.3 is 14.5 Å². The molecule has 7 heteroatoms. The highest BCUT2D eigenvalue weighted by Gasteiger charge is 2.16. The van der Waals surface area contributed by atoms with Gasteiger partial charge in [0.15, 0.2) is 0 Å². The van der Waals surface area contributed by atoms with Crippen LogP contribution in [0, 0.1) is 0 Å². The summed E-state index contributed by atoms with van der Waals surface area (Å²) in [5.41, 5.74) is 0.590. The van der Waals surface area contributed by atoms with E-state index in [-0.39, 0.29) is 11.8 Å². The largest absolute Gasteiger partial charge is 0.412 e. The number of carbonyl (C=O) groups is 1. The number of halogens is 1. The fourth-order valence-electron chi connectivity index (χ4n) is 1.40. The maximum Gasteiger partial charge on any atom is 0.308 e. The van der Waals surface area contributed by atoms with Crippen LogP contribution in [0.15, 0.2) is 28.7 Å². The lowest BCUT2D eigenvalue weighted by Gasteiger charge is -2.00. The van der Waals surface area contributed by atoms with Crippen molar-refractivity contribution < 1.29 is 13.9 Å². The molecule has 19 heavy (non-hydrogen) atoms. The first-order valence-corrected chi connectivity index (χ1v) is 5.95. The third-order valence-electron chi connectivity index (χ3n) is 2.32. The van der Waals surface area contributed by atoms with Crippen molar-refractivity contribution in [1.29, 1.82) is 0 Å². The normalized spacial score (nSPS) is 10.4. The topological polar surface area (TPSA) is 77.2 Å². The molecule has 0 saturated carbocycles. The standard InChI is InChI=1S/C12H12ClN3O3/c1-18-7-6-14-10(17)12-16-15-11(19-12)8-4-2-3-5-9(8)13/h2-5H,6-7H2,1H3,(H,14,17). The van der Waals surface area contributed by atoms with E-state index in [9.17, 15) is 4.79 Å². The van der Waals surface area contributed by atoms with Crippen LogP contribution in [0.1, 0.15) is 10.7 Å². The molecule has 1 amide bonds. The molecule has 0 aliphatic heterocycles. The molecule has 2 aromatic rings. The van der Waals surface area contributed by atoms with Crippen LogP contribution < -0.4 is 5.32 Å². The first kappa shape index (κ1) is 13.5. The Morgan fingerprint density at radius 1 is 1.42 bits per heavy atom. The summed E-state index contributed by atoms with van der Waals surface area (Å²) in [6.07, 6.45) is 0. The monoisotopic (exact) mass is 281 g/mol. The minimum Gasteiger partial charge on any atom is -0.412 e. The number of methoxy groups -OCH3 is 1. The van der Waals surface area contributed by atoms with Gasteiger partial charge in [-0.2, -0.15) is 0 Å². The van der Waals surface area contributed by atoms with Crippen molar-refractivity contribution in [2.24, 2.45) is 0 Å². The Morgan fingerprint density at radius 3 is 2.95 bits per heavy atom. The van der Waals surface area contributed by atoms with Gasteiger partial charge in [0.2, 0.25) is 5.89 Å². The van der Waals surface area contributed by atoms with Gasteiger partial charge in [0.05, 0.1) is 17.2 Å². The average molecular weight is 282 g/mol. The van der Waals surface area contributed by atoms with Crippen molar-refractivity contribution in [3.8, 4) is 11.5 Å². The predicted octanol–water partition coefficient (Wildman–Crippen LogP) is 1.77. The molecule has 0 aliphatic rings. The average Bonchev–Trinajstić information content (AvgIpc) is 2.89. The number of aromatic nitrogens is 2. The van der Waals surface area contributed by atoms with Crippen molar-refractivity contribution >= 4 is 17.5 Å². The molecule has 100 valence electrons. The Bertz CT molecular complexity index is 571. The number of nitrogens with one attached hydrogen (secondary N) is 1. The van der Waals surface area contributed by atoms with E-state index in [4.69, 9.17) is 20.8 Å². The van der Waals surface area contributed by atoms with Gasteiger partial charge in [0.1, 0.15) is 0 Å². The molecule has 0 radical (unpaired) electrons. The molecule has 2 rings (SSSR count). The van der Waals surface area contributed by atoms with Gasteiger partial charge in [-0.15, -0.1) is 10.2 Å². The third-order valence-corrected chi connectivity index (χ3v) is 2.64. The Labute approximate surface area is 114 Å². The lowest BCUT2D eigenvalue weighted by atomic mass is 10.2. The molecule has 6 nitrogen and oxygen atoms in total. The molecule has 0 fully saturated rings. The van der Waals surface area contributed by atoms with Crippen molar-refractivity contribution in [3.63, 3.8) is 0 Å². The smallest absolute Gasteiger partial charge is 0.308 e. The second-order valence-corrected chi connectivity index (χ2v) is 4.05. The number of amides is 1. The summed E-state index contributed by atoms with van der Waals surface area (Å²) in [5.74, 6) is -0.337. The van der Waals surface area contributed by atoms with Crippen LogP contribution in [0.2, 0.25) is 5.02 Å². The van der Waals surface area contributed by atoms with E-state index in [1.165, 1.54) is 0 Å². The minimum atomic E-state index is -0.442. The Hall–Kier alpha value is -1.92. The molecular weight excluding hydrogens is 270 g/mol. The number of nitrogens with zero attached hydrogens (tertiary/aromatic N) is 2. The number of carbonyl (C=O) groups excluding carboxylic acids is 1. The third kappa shape index (κ3) is 3.30. The number of hydrogen-bond donors (Lipinski definition) is 1. The van der Waals surface area contributed by atoms with E-state index >= 15 is 0 Å². The van der Waals surface area contributed by atoms with E-state index in [0.29, 0.717) is 23.7 Å². The van der Waals surface area contributed by atoms with Crippen LogP contribution in [0.4, 0.5) is 0 Å². The van der Waals surface area contributed by atoms with Gasteiger partial charge in [-0.25, -0.2) is 0 Å². The van der Waals surface area contributed by atoms with Gasteiger partial charge in [0.25, 0.3) is 0 Å². The Morgan fingerprint density at radius 2 is 2.21 bits per heavy atom. The molecule has 1 aromatic heterocycles. The highest BCUT2D eigenvalue weighted by atomic mass is 35.5. The molecule has 1 heterocycles. The number of ether oxygens (including phenoxy) is 1. The van der Waals surface area contributed by atoms with E-state index in [1.54, 1.807) is 31.4 Å². The summed E-state index contributed by atoms with van der Waals surface area (Å²) < 4.78 is 10.1. The summed E-state index contributed by atoms with van der Waals surface area (Å²) in [7, 11) is 1.55. The van der Waals surface area contributed by atoms with Crippen LogP contribution >= 0.6 is 11.6 Å². The van der Waals surface area contributed by atoms with Gasteiger partial charge in [-0.05, 0) is 12.1 Å². The van der Waals surface area contributed by atoms with E-state index < -0.39 is 5.91 Å². The maximum absolute atomic E-state index is 11.7. The zero-order chi connectivity index (χ0) is 13.7. The molecule has 0 unspecified atom stereocenters. The van der Waals surface area contributed by atoms with Gasteiger partial charge in [0, 0.05) is 13.7 Å². The second kappa shape index (κ2) is 6.31. The van der Waals surface area contributed by atoms with Crippen molar-refractivity contribution in [1.82, 2.24) is 15.5 Å². The molecule has 0 saturated heterocycles. The van der Waals surface area contributed by atoms with Crippen molar-refractivity contribution in [3.05, 3.63) is 35.2 Å². The summed E-state index contributed by atoms with van der Waals surface area (Å²) in [6, 6.07) is 7.03. The molecule has 1 N–H and O–H groups in total. The van der Waals surface area contributed by atoms with Crippen molar-refractivity contribution in [2.45, 2.75) is 0 Å². The Balaban J connectivity index is 2.11. The fraction of sp³-hybridized carbons (Fsp3) is 0.250. The van der Waals surface area contributed by atoms with Gasteiger partial charge >= 0.3 is 11.8 Å². The maximum atomic E-state index is 11.7. The highest BCUT2D eigenvalue weighted by Crippen LogP contribution is 2.25. The van der Waals surface area contributed by atoms with E-state index in [0.717, 1.165) is 0 Å². The highest BCUT2D eigenvalue weighted by molar-refractivity contribution is 6.33. The quantitative estimate of drug-likeness (QED) is 0.845. The van der Waals surface area contributed by atoms with Crippen LogP contribution in [0.3, 0.4) is 0 Å². The molecular formula is C12H12ClN3O3. The molecule has 0 aliphatic carbocycles. The van der Waals surface area contributed by atoms with Crippen LogP contribution in [0.5, 0.6) is 0 Å². The number of hydrogen-bond acceptors (Lipinski definition) is 5. The number of rotatable bonds is 5. The summed E-state index contributed by atoms with van der Waals surface area (Å²) in [6.45, 7) is 0.788. The molecule has 0 atom stereocenters. The lowest BCUT2D eigenvalue weighted by molar-refractivity contribution is 0.0903. The summed E-state index contributed by atoms with van der Waals surface area (Å²) in [4.78, 5) is 11.7. The fourth-order valence-corrected chi connectivity index (χ4v) is 1.62. The van der Waals surface area contributed by atoms with Crippen LogP contribution in [-0.4, -0.2) is 36.4 Å². The first-order chi connectivity index (χ1) is 9.22. The zero-order valence-corrected chi connectivity index (χ0v) is 11.0. The van der Waals surface area contributed by atoms with Crippen LogP contribution in [-0.2, 0) is 4.74 Å². The summed E-state index contributed by atoms with van der Waals surface area (Å²) in [5, 5.41) is 10.6. The second-order valence-electron chi connectivity index (χ2n) is 3.64. The first-order valence-electron chi connectivity index (χ1n) is 5.58. The summed E-state index contributed by atoms with van der Waals surface area (Å²) >= 11 is 6.01. The SMILES string of the molecule is COCCNC(=O)c1nnc(-c2ccccc2Cl)o1. The van der Waals surface area contributed by atoms with Crippen LogP contribution in [0.25, 0.3) is 11.5 Å². The number of benzene rings is 1. The van der Waals surface area contributed by atoms with Gasteiger partial charge in [-0.3, -0.25) is 4.79 Å². The molecule has 0 bridgehead atoms. The predicted molar refractivity (Wildman–Crippen MR) is 69.0 cm³/mol. The molecule has 1 aromatic carbocycles. The molecule has 0 spiro atoms. The van der Waals surface area contributed by atoms with Crippen molar-refractivity contribution in [2.75, 3.05) is 20.3 Å². The Kier molecular flexibility index (Phi) is 4.48. The zero-order valence-electron chi connectivity index (χ0n) is 10.2. The van der Waals surface area contributed by atoms with Gasteiger partial charge in [-0.1, -0.05) is 23.7 Å². The minimum absolute atomic E-state index is 0.106. The van der Waals surface area contributed by atoms with E-state index in [2.05, 4.69) is 15.5 Å². The van der Waals surface area contributed by atoms with E-state index in [1.807, 2.05) is 0 Å². The lowest BCUT2D eigenvalue weighted by Crippen LogP contribution is -2.27.